The molecule has 0 radical (unpaired) electrons. The van der Waals surface area contributed by atoms with E-state index in [4.69, 9.17) is 9.84 Å². The number of aliphatic hydroxyl groups is 1. The lowest BCUT2D eigenvalue weighted by Gasteiger charge is -2.29. The topological polar surface area (TPSA) is 62.5 Å². The van der Waals surface area contributed by atoms with E-state index in [1.807, 2.05) is 6.20 Å². The van der Waals surface area contributed by atoms with Gasteiger partial charge in [-0.05, 0) is 24.6 Å². The van der Waals surface area contributed by atoms with Crippen LogP contribution >= 0.6 is 0 Å². The van der Waals surface area contributed by atoms with Gasteiger partial charge in [0.05, 0.1) is 38.2 Å². The van der Waals surface area contributed by atoms with E-state index >= 15 is 0 Å². The number of hydrogen-bond acceptors (Lipinski definition) is 5. The first kappa shape index (κ1) is 15.8. The van der Waals surface area contributed by atoms with Crippen molar-refractivity contribution < 1.29 is 9.84 Å². The normalized spacial score (nSPS) is 16.3. The SMILES string of the molecule is CC(Nc1cnn(CCO)c1)c1ccc(N2CCOCC2)cc1. The largest absolute Gasteiger partial charge is 0.394 e. The molecule has 2 heterocycles. The summed E-state index contributed by atoms with van der Waals surface area (Å²) < 4.78 is 7.13. The lowest BCUT2D eigenvalue weighted by molar-refractivity contribution is 0.122. The molecule has 1 aliphatic heterocycles. The summed E-state index contributed by atoms with van der Waals surface area (Å²) in [5.41, 5.74) is 3.44. The Morgan fingerprint density at radius 1 is 1.26 bits per heavy atom. The van der Waals surface area contributed by atoms with Crippen LogP contribution in [0.1, 0.15) is 18.5 Å². The Bertz CT molecular complexity index is 605. The van der Waals surface area contributed by atoms with Gasteiger partial charge in [0.25, 0.3) is 0 Å². The van der Waals surface area contributed by atoms with Crippen molar-refractivity contribution in [3.05, 3.63) is 42.2 Å². The van der Waals surface area contributed by atoms with Crippen molar-refractivity contribution in [2.45, 2.75) is 19.5 Å². The van der Waals surface area contributed by atoms with Gasteiger partial charge in [0.1, 0.15) is 0 Å². The van der Waals surface area contributed by atoms with E-state index in [0.29, 0.717) is 6.54 Å². The second-order valence-corrected chi connectivity index (χ2v) is 5.77. The molecule has 0 saturated carbocycles. The zero-order valence-corrected chi connectivity index (χ0v) is 13.5. The molecule has 2 N–H and O–H groups in total. The fraction of sp³-hybridized carbons (Fsp3) is 0.471. The van der Waals surface area contributed by atoms with Gasteiger partial charge in [0.2, 0.25) is 0 Å². The first-order chi connectivity index (χ1) is 11.3. The molecule has 6 heteroatoms. The molecule has 6 nitrogen and oxygen atoms in total. The van der Waals surface area contributed by atoms with Gasteiger partial charge in [0.15, 0.2) is 0 Å². The molecule has 1 fully saturated rings. The highest BCUT2D eigenvalue weighted by atomic mass is 16.5. The number of morpholine rings is 1. The van der Waals surface area contributed by atoms with Gasteiger partial charge in [-0.3, -0.25) is 4.68 Å². The molecule has 1 atom stereocenters. The molecule has 1 aliphatic rings. The maximum absolute atomic E-state index is 8.93. The second-order valence-electron chi connectivity index (χ2n) is 5.77. The Kier molecular flexibility index (Phi) is 5.15. The zero-order chi connectivity index (χ0) is 16.1. The molecule has 1 saturated heterocycles. The number of ether oxygens (including phenoxy) is 1. The van der Waals surface area contributed by atoms with Crippen LogP contribution in [-0.4, -0.2) is 47.8 Å². The molecule has 0 aliphatic carbocycles. The Hall–Kier alpha value is -2.05. The molecule has 0 spiro atoms. The highest BCUT2D eigenvalue weighted by Crippen LogP contribution is 2.22. The van der Waals surface area contributed by atoms with Crippen LogP contribution in [0.25, 0.3) is 0 Å². The van der Waals surface area contributed by atoms with Crippen LogP contribution in [0.15, 0.2) is 36.7 Å². The van der Waals surface area contributed by atoms with Gasteiger partial charge in [-0.1, -0.05) is 12.1 Å². The van der Waals surface area contributed by atoms with Crippen LogP contribution in [0.3, 0.4) is 0 Å². The van der Waals surface area contributed by atoms with Gasteiger partial charge in [0, 0.05) is 31.0 Å². The summed E-state index contributed by atoms with van der Waals surface area (Å²) in [4.78, 5) is 2.35. The maximum Gasteiger partial charge on any atom is 0.0731 e. The third-order valence-corrected chi connectivity index (χ3v) is 4.11. The zero-order valence-electron chi connectivity index (χ0n) is 13.5. The van der Waals surface area contributed by atoms with Crippen LogP contribution in [0, 0.1) is 0 Å². The highest BCUT2D eigenvalue weighted by Gasteiger charge is 2.12. The summed E-state index contributed by atoms with van der Waals surface area (Å²) in [5, 5.41) is 16.6. The minimum absolute atomic E-state index is 0.0969. The minimum Gasteiger partial charge on any atom is -0.394 e. The average molecular weight is 316 g/mol. The summed E-state index contributed by atoms with van der Waals surface area (Å²) in [7, 11) is 0. The van der Waals surface area contributed by atoms with Crippen molar-refractivity contribution in [1.82, 2.24) is 9.78 Å². The Morgan fingerprint density at radius 3 is 2.70 bits per heavy atom. The molecule has 2 aromatic rings. The summed E-state index contributed by atoms with van der Waals surface area (Å²) in [5.74, 6) is 0. The summed E-state index contributed by atoms with van der Waals surface area (Å²) in [6, 6.07) is 8.88. The molecule has 23 heavy (non-hydrogen) atoms. The highest BCUT2D eigenvalue weighted by molar-refractivity contribution is 5.49. The van der Waals surface area contributed by atoms with Crippen LogP contribution in [0.4, 0.5) is 11.4 Å². The molecule has 3 rings (SSSR count). The molecular formula is C17H24N4O2. The summed E-state index contributed by atoms with van der Waals surface area (Å²) >= 11 is 0. The molecule has 124 valence electrons. The van der Waals surface area contributed by atoms with Crippen molar-refractivity contribution in [2.24, 2.45) is 0 Å². The lowest BCUT2D eigenvalue weighted by Crippen LogP contribution is -2.36. The van der Waals surface area contributed by atoms with Crippen LogP contribution < -0.4 is 10.2 Å². The van der Waals surface area contributed by atoms with E-state index < -0.39 is 0 Å². The van der Waals surface area contributed by atoms with E-state index in [1.165, 1.54) is 11.3 Å². The van der Waals surface area contributed by atoms with Crippen LogP contribution in [-0.2, 0) is 11.3 Å². The summed E-state index contributed by atoms with van der Waals surface area (Å²) in [6.45, 7) is 6.26. The fourth-order valence-corrected chi connectivity index (χ4v) is 2.79. The first-order valence-electron chi connectivity index (χ1n) is 8.09. The van der Waals surface area contributed by atoms with Crippen molar-refractivity contribution in [1.29, 1.82) is 0 Å². The predicted octanol–water partition coefficient (Wildman–Crippen LogP) is 1.89. The average Bonchev–Trinajstić information content (AvgIpc) is 3.03. The fourth-order valence-electron chi connectivity index (χ4n) is 2.79. The number of nitrogens with one attached hydrogen (secondary N) is 1. The second kappa shape index (κ2) is 7.48. The Balaban J connectivity index is 1.61. The quantitative estimate of drug-likeness (QED) is 0.852. The Morgan fingerprint density at radius 2 is 2.00 bits per heavy atom. The third kappa shape index (κ3) is 4.03. The van der Waals surface area contributed by atoms with Crippen molar-refractivity contribution >= 4 is 11.4 Å². The lowest BCUT2D eigenvalue weighted by atomic mass is 10.1. The number of aliphatic hydroxyl groups excluding tert-OH is 1. The van der Waals surface area contributed by atoms with Crippen molar-refractivity contribution in [3.8, 4) is 0 Å². The monoisotopic (exact) mass is 316 g/mol. The van der Waals surface area contributed by atoms with E-state index in [1.54, 1.807) is 10.9 Å². The van der Waals surface area contributed by atoms with Gasteiger partial charge in [-0.15, -0.1) is 0 Å². The van der Waals surface area contributed by atoms with Crippen LogP contribution in [0.2, 0.25) is 0 Å². The smallest absolute Gasteiger partial charge is 0.0731 e. The van der Waals surface area contributed by atoms with Gasteiger partial charge in [-0.25, -0.2) is 0 Å². The molecule has 1 unspecified atom stereocenters. The molecule has 1 aromatic heterocycles. The van der Waals surface area contributed by atoms with E-state index in [2.05, 4.69) is 46.5 Å². The van der Waals surface area contributed by atoms with E-state index in [0.717, 1.165) is 32.0 Å². The minimum atomic E-state index is 0.0969. The number of benzene rings is 1. The number of aromatic nitrogens is 2. The van der Waals surface area contributed by atoms with Crippen molar-refractivity contribution in [2.75, 3.05) is 43.1 Å². The molecule has 0 amide bonds. The first-order valence-corrected chi connectivity index (χ1v) is 8.09. The number of anilines is 2. The predicted molar refractivity (Wildman–Crippen MR) is 90.8 cm³/mol. The molecular weight excluding hydrogens is 292 g/mol. The van der Waals surface area contributed by atoms with Crippen LogP contribution in [0.5, 0.6) is 0 Å². The summed E-state index contributed by atoms with van der Waals surface area (Å²) in [6.07, 6.45) is 3.70. The van der Waals surface area contributed by atoms with Crippen molar-refractivity contribution in [3.63, 3.8) is 0 Å². The number of hydrogen-bond donors (Lipinski definition) is 2. The van der Waals surface area contributed by atoms with Gasteiger partial charge >= 0.3 is 0 Å². The number of rotatable bonds is 6. The molecule has 1 aromatic carbocycles. The Labute approximate surface area is 136 Å². The van der Waals surface area contributed by atoms with Gasteiger partial charge < -0.3 is 20.1 Å². The molecule has 0 bridgehead atoms. The van der Waals surface area contributed by atoms with Gasteiger partial charge in [-0.2, -0.15) is 5.10 Å². The maximum atomic E-state index is 8.93. The standard InChI is InChI=1S/C17H24N4O2/c1-14(19-16-12-18-21(13-16)6-9-22)15-2-4-17(5-3-15)20-7-10-23-11-8-20/h2-5,12-14,19,22H,6-11H2,1H3. The van der Waals surface area contributed by atoms with E-state index in [9.17, 15) is 0 Å². The number of nitrogens with zero attached hydrogens (tertiary/aromatic N) is 3. The third-order valence-electron chi connectivity index (χ3n) is 4.11. The van der Waals surface area contributed by atoms with E-state index in [-0.39, 0.29) is 12.6 Å².